The van der Waals surface area contributed by atoms with Gasteiger partial charge < -0.3 is 0 Å². The van der Waals surface area contributed by atoms with Crippen LogP contribution in [0.1, 0.15) is 44.0 Å². The van der Waals surface area contributed by atoms with Crippen molar-refractivity contribution in [1.82, 2.24) is 9.97 Å². The Bertz CT molecular complexity index is 588. The van der Waals surface area contributed by atoms with Gasteiger partial charge in [-0.2, -0.15) is 0 Å². The molecule has 0 amide bonds. The van der Waals surface area contributed by atoms with Crippen LogP contribution in [0.5, 0.6) is 0 Å². The fraction of sp³-hybridized carbons (Fsp3) is 0.400. The monoisotopic (exact) mass is 312 g/mol. The van der Waals surface area contributed by atoms with E-state index in [0.717, 1.165) is 49.1 Å². The molecule has 0 spiro atoms. The van der Waals surface area contributed by atoms with Gasteiger partial charge in [0.25, 0.3) is 0 Å². The topological polar surface area (TPSA) is 25.8 Å². The number of nitrogens with zero attached hydrogens (tertiary/aromatic N) is 2. The highest BCUT2D eigenvalue weighted by Crippen LogP contribution is 2.19. The summed E-state index contributed by atoms with van der Waals surface area (Å²) in [7, 11) is 0. The molecule has 0 aliphatic rings. The first-order valence-electron chi connectivity index (χ1n) is 8.34. The number of aromatic nitrogens is 2. The third-order valence-electron chi connectivity index (χ3n) is 3.87. The van der Waals surface area contributed by atoms with Crippen molar-refractivity contribution in [2.24, 2.45) is 0 Å². The average molecular weight is 312 g/mol. The number of alkyl halides is 1. The normalized spacial score (nSPS) is 12.1. The zero-order valence-electron chi connectivity index (χ0n) is 13.8. The lowest BCUT2D eigenvalue weighted by molar-refractivity contribution is 0.330. The van der Waals surface area contributed by atoms with Crippen LogP contribution < -0.4 is 0 Å². The van der Waals surface area contributed by atoms with Crippen LogP contribution in [0.15, 0.2) is 49.3 Å². The molecule has 0 N–H and O–H groups in total. The Morgan fingerprint density at radius 2 is 1.74 bits per heavy atom. The number of unbranched alkanes of at least 4 members (excludes halogenated alkanes) is 2. The van der Waals surface area contributed by atoms with Crippen LogP contribution in [0.4, 0.5) is 4.39 Å². The van der Waals surface area contributed by atoms with Crippen LogP contribution in [-0.4, -0.2) is 16.1 Å². The summed E-state index contributed by atoms with van der Waals surface area (Å²) in [4.78, 5) is 8.89. The number of halogens is 1. The SMILES string of the molecule is C=CCc1ccc(-c2cnc(CCCCCC(C)F)nc2)cc1. The van der Waals surface area contributed by atoms with Crippen LogP contribution in [-0.2, 0) is 12.8 Å². The van der Waals surface area contributed by atoms with Crippen molar-refractivity contribution in [3.8, 4) is 11.1 Å². The van der Waals surface area contributed by atoms with E-state index in [1.54, 1.807) is 6.92 Å². The largest absolute Gasteiger partial charge is 0.248 e. The molecule has 2 rings (SSSR count). The smallest absolute Gasteiger partial charge is 0.128 e. The van der Waals surface area contributed by atoms with Crippen molar-refractivity contribution in [2.45, 2.75) is 51.6 Å². The standard InChI is InChI=1S/C20H25FN2/c1-3-7-17-10-12-18(13-11-17)19-14-22-20(23-15-19)9-6-4-5-8-16(2)21/h3,10-16H,1,4-9H2,2H3. The molecule has 0 saturated carbocycles. The molecule has 0 aliphatic heterocycles. The number of rotatable bonds is 9. The van der Waals surface area contributed by atoms with Crippen LogP contribution in [0.3, 0.4) is 0 Å². The number of hydrogen-bond acceptors (Lipinski definition) is 2. The Morgan fingerprint density at radius 3 is 2.35 bits per heavy atom. The molecule has 0 fully saturated rings. The predicted octanol–water partition coefficient (Wildman–Crippen LogP) is 5.33. The first-order chi connectivity index (χ1) is 11.2. The maximum atomic E-state index is 12.7. The summed E-state index contributed by atoms with van der Waals surface area (Å²) in [6.07, 6.45) is 10.4. The van der Waals surface area contributed by atoms with Crippen molar-refractivity contribution >= 4 is 0 Å². The van der Waals surface area contributed by atoms with E-state index in [9.17, 15) is 4.39 Å². The molecule has 1 aromatic heterocycles. The molecular weight excluding hydrogens is 287 g/mol. The van der Waals surface area contributed by atoms with Gasteiger partial charge in [0.05, 0.1) is 6.17 Å². The Balaban J connectivity index is 1.85. The minimum absolute atomic E-state index is 0.654. The van der Waals surface area contributed by atoms with Gasteiger partial charge in [-0.25, -0.2) is 14.4 Å². The summed E-state index contributed by atoms with van der Waals surface area (Å²) in [5.41, 5.74) is 3.41. The van der Waals surface area contributed by atoms with Gasteiger partial charge in [0, 0.05) is 24.4 Å². The maximum Gasteiger partial charge on any atom is 0.128 e. The van der Waals surface area contributed by atoms with Crippen molar-refractivity contribution in [2.75, 3.05) is 0 Å². The van der Waals surface area contributed by atoms with Crippen molar-refractivity contribution in [1.29, 1.82) is 0 Å². The molecule has 0 radical (unpaired) electrons. The maximum absolute atomic E-state index is 12.7. The summed E-state index contributed by atoms with van der Waals surface area (Å²) >= 11 is 0. The second-order valence-corrected chi connectivity index (χ2v) is 5.96. The molecule has 2 aromatic rings. The zero-order valence-corrected chi connectivity index (χ0v) is 13.8. The van der Waals surface area contributed by atoms with Crippen LogP contribution in [0.25, 0.3) is 11.1 Å². The van der Waals surface area contributed by atoms with E-state index < -0.39 is 6.17 Å². The molecule has 23 heavy (non-hydrogen) atoms. The summed E-state index contributed by atoms with van der Waals surface area (Å²) < 4.78 is 12.7. The molecule has 3 heteroatoms. The Labute approximate surface area is 138 Å². The van der Waals surface area contributed by atoms with Crippen molar-refractivity contribution in [3.05, 3.63) is 60.7 Å². The third-order valence-corrected chi connectivity index (χ3v) is 3.87. The molecular formula is C20H25FN2. The molecule has 1 unspecified atom stereocenters. The van der Waals surface area contributed by atoms with E-state index in [2.05, 4.69) is 40.8 Å². The molecule has 1 atom stereocenters. The summed E-state index contributed by atoms with van der Waals surface area (Å²) in [6, 6.07) is 8.40. The van der Waals surface area contributed by atoms with Crippen LogP contribution in [0.2, 0.25) is 0 Å². The van der Waals surface area contributed by atoms with E-state index in [-0.39, 0.29) is 0 Å². The molecule has 0 saturated heterocycles. The lowest BCUT2D eigenvalue weighted by atomic mass is 10.1. The first kappa shape index (κ1) is 17.3. The lowest BCUT2D eigenvalue weighted by Gasteiger charge is -2.05. The highest BCUT2D eigenvalue weighted by molar-refractivity contribution is 5.61. The fourth-order valence-corrected chi connectivity index (χ4v) is 2.52. The molecule has 1 heterocycles. The molecule has 2 nitrogen and oxygen atoms in total. The number of hydrogen-bond donors (Lipinski definition) is 0. The highest BCUT2D eigenvalue weighted by atomic mass is 19.1. The highest BCUT2D eigenvalue weighted by Gasteiger charge is 2.02. The first-order valence-corrected chi connectivity index (χ1v) is 8.34. The van der Waals surface area contributed by atoms with Gasteiger partial charge in [0.1, 0.15) is 5.82 Å². The van der Waals surface area contributed by atoms with Crippen LogP contribution >= 0.6 is 0 Å². The van der Waals surface area contributed by atoms with Gasteiger partial charge in [-0.3, -0.25) is 0 Å². The minimum atomic E-state index is -0.691. The Hall–Kier alpha value is -2.03. The van der Waals surface area contributed by atoms with Gasteiger partial charge in [0.2, 0.25) is 0 Å². The minimum Gasteiger partial charge on any atom is -0.248 e. The van der Waals surface area contributed by atoms with Crippen molar-refractivity contribution in [3.63, 3.8) is 0 Å². The molecule has 122 valence electrons. The molecule has 1 aromatic carbocycles. The number of allylic oxidation sites excluding steroid dienone is 1. The van der Waals surface area contributed by atoms with Gasteiger partial charge >= 0.3 is 0 Å². The summed E-state index contributed by atoms with van der Waals surface area (Å²) in [5, 5.41) is 0. The van der Waals surface area contributed by atoms with E-state index in [1.165, 1.54) is 5.56 Å². The second kappa shape index (κ2) is 9.19. The van der Waals surface area contributed by atoms with E-state index in [4.69, 9.17) is 0 Å². The van der Waals surface area contributed by atoms with Gasteiger partial charge in [0.15, 0.2) is 0 Å². The van der Waals surface area contributed by atoms with E-state index >= 15 is 0 Å². The molecule has 0 bridgehead atoms. The summed E-state index contributed by atoms with van der Waals surface area (Å²) in [6.45, 7) is 5.37. The molecule has 0 aliphatic carbocycles. The van der Waals surface area contributed by atoms with Gasteiger partial charge in [-0.1, -0.05) is 43.2 Å². The third kappa shape index (κ3) is 5.93. The van der Waals surface area contributed by atoms with E-state index in [1.807, 2.05) is 18.5 Å². The Kier molecular flexibility index (Phi) is 6.92. The Morgan fingerprint density at radius 1 is 1.04 bits per heavy atom. The number of benzene rings is 1. The second-order valence-electron chi connectivity index (χ2n) is 5.96. The zero-order chi connectivity index (χ0) is 16.5. The summed E-state index contributed by atoms with van der Waals surface area (Å²) in [5.74, 6) is 0.866. The fourth-order valence-electron chi connectivity index (χ4n) is 2.52. The van der Waals surface area contributed by atoms with Gasteiger partial charge in [-0.15, -0.1) is 6.58 Å². The lowest BCUT2D eigenvalue weighted by Crippen LogP contribution is -1.96. The predicted molar refractivity (Wildman–Crippen MR) is 94.1 cm³/mol. The van der Waals surface area contributed by atoms with Crippen molar-refractivity contribution < 1.29 is 4.39 Å². The quantitative estimate of drug-likeness (QED) is 0.462. The van der Waals surface area contributed by atoms with Crippen LogP contribution in [0, 0.1) is 0 Å². The van der Waals surface area contributed by atoms with E-state index in [0.29, 0.717) is 6.42 Å². The van der Waals surface area contributed by atoms with Gasteiger partial charge in [-0.05, 0) is 37.3 Å². The number of aryl methyl sites for hydroxylation is 1. The average Bonchev–Trinajstić information content (AvgIpc) is 2.56.